The van der Waals surface area contributed by atoms with E-state index in [2.05, 4.69) is 19.2 Å². The summed E-state index contributed by atoms with van der Waals surface area (Å²) in [5.74, 6) is 1.28. The summed E-state index contributed by atoms with van der Waals surface area (Å²) in [5.41, 5.74) is 0.574. The molecule has 0 saturated heterocycles. The number of fused-ring (bicyclic) bond motifs is 1. The number of hydrogen-bond donors (Lipinski definition) is 1. The van der Waals surface area contributed by atoms with Crippen molar-refractivity contribution < 1.29 is 14.3 Å². The van der Waals surface area contributed by atoms with E-state index in [9.17, 15) is 4.79 Å². The fraction of sp³-hybridized carbons (Fsp3) is 0.562. The van der Waals surface area contributed by atoms with Crippen LogP contribution >= 0.6 is 0 Å². The maximum Gasteiger partial charge on any atom is 0.251 e. The molecule has 1 aliphatic rings. The summed E-state index contributed by atoms with van der Waals surface area (Å²) in [7, 11) is 0. The standard InChI is InChI=1S/C16H23NO3/c1-5-11(2)17-15(18)12-6-7-13-14(8-12)20-10-16(3,4)9-19-13/h6-8,11H,5,9-10H2,1-4H3,(H,17,18)/t11-/m0/s1. The highest BCUT2D eigenvalue weighted by molar-refractivity contribution is 5.95. The van der Waals surface area contributed by atoms with Crippen molar-refractivity contribution in [3.63, 3.8) is 0 Å². The highest BCUT2D eigenvalue weighted by Crippen LogP contribution is 2.34. The van der Waals surface area contributed by atoms with Crippen LogP contribution in [0, 0.1) is 5.41 Å². The van der Waals surface area contributed by atoms with Gasteiger partial charge in [-0.05, 0) is 31.5 Å². The lowest BCUT2D eigenvalue weighted by molar-refractivity contribution is 0.0938. The molecule has 0 bridgehead atoms. The zero-order valence-electron chi connectivity index (χ0n) is 12.7. The van der Waals surface area contributed by atoms with Crippen LogP contribution in [0.1, 0.15) is 44.5 Å². The van der Waals surface area contributed by atoms with E-state index in [0.29, 0.717) is 30.3 Å². The van der Waals surface area contributed by atoms with Crippen molar-refractivity contribution in [2.24, 2.45) is 5.41 Å². The number of benzene rings is 1. The zero-order valence-corrected chi connectivity index (χ0v) is 12.7. The van der Waals surface area contributed by atoms with Gasteiger partial charge in [-0.25, -0.2) is 0 Å². The second kappa shape index (κ2) is 5.73. The quantitative estimate of drug-likeness (QED) is 0.924. The normalized spacial score (nSPS) is 18.0. The van der Waals surface area contributed by atoms with Gasteiger partial charge in [-0.2, -0.15) is 0 Å². The second-order valence-corrected chi connectivity index (χ2v) is 6.19. The van der Waals surface area contributed by atoms with Gasteiger partial charge in [0, 0.05) is 17.0 Å². The van der Waals surface area contributed by atoms with E-state index in [1.165, 1.54) is 0 Å². The summed E-state index contributed by atoms with van der Waals surface area (Å²) in [6.45, 7) is 9.41. The Hall–Kier alpha value is -1.71. The lowest BCUT2D eigenvalue weighted by atomic mass is 9.97. The number of carbonyl (C=O) groups is 1. The monoisotopic (exact) mass is 277 g/mol. The van der Waals surface area contributed by atoms with E-state index in [-0.39, 0.29) is 17.4 Å². The van der Waals surface area contributed by atoms with Gasteiger partial charge in [-0.1, -0.05) is 20.8 Å². The van der Waals surface area contributed by atoms with Crippen molar-refractivity contribution in [2.75, 3.05) is 13.2 Å². The first-order valence-corrected chi connectivity index (χ1v) is 7.12. The predicted octanol–water partition coefficient (Wildman–Crippen LogP) is 3.01. The Kier molecular flexibility index (Phi) is 4.21. The maximum atomic E-state index is 12.1. The summed E-state index contributed by atoms with van der Waals surface area (Å²) < 4.78 is 11.5. The Bertz CT molecular complexity index is 496. The number of amides is 1. The minimum absolute atomic E-state index is 0.0296. The largest absolute Gasteiger partial charge is 0.489 e. The molecule has 0 aromatic heterocycles. The van der Waals surface area contributed by atoms with Crippen molar-refractivity contribution in [3.8, 4) is 11.5 Å². The first-order chi connectivity index (χ1) is 9.41. The van der Waals surface area contributed by atoms with E-state index in [4.69, 9.17) is 9.47 Å². The Balaban J connectivity index is 2.16. The number of ether oxygens (including phenoxy) is 2. The summed E-state index contributed by atoms with van der Waals surface area (Å²) in [5, 5.41) is 2.95. The molecule has 110 valence electrons. The summed E-state index contributed by atoms with van der Waals surface area (Å²) in [4.78, 5) is 12.1. The van der Waals surface area contributed by atoms with E-state index in [0.717, 1.165) is 6.42 Å². The molecule has 4 heteroatoms. The van der Waals surface area contributed by atoms with Crippen LogP contribution < -0.4 is 14.8 Å². The van der Waals surface area contributed by atoms with Crippen LogP contribution in [0.15, 0.2) is 18.2 Å². The molecule has 1 aromatic rings. The fourth-order valence-electron chi connectivity index (χ4n) is 1.88. The first-order valence-electron chi connectivity index (χ1n) is 7.12. The number of hydrogen-bond acceptors (Lipinski definition) is 3. The molecule has 4 nitrogen and oxygen atoms in total. The zero-order chi connectivity index (χ0) is 14.8. The van der Waals surface area contributed by atoms with Crippen molar-refractivity contribution in [3.05, 3.63) is 23.8 Å². The van der Waals surface area contributed by atoms with E-state index in [1.807, 2.05) is 19.9 Å². The van der Waals surface area contributed by atoms with Gasteiger partial charge >= 0.3 is 0 Å². The van der Waals surface area contributed by atoms with Crippen LogP contribution in [-0.4, -0.2) is 25.2 Å². The average molecular weight is 277 g/mol. The molecule has 0 unspecified atom stereocenters. The van der Waals surface area contributed by atoms with Gasteiger partial charge in [0.25, 0.3) is 5.91 Å². The summed E-state index contributed by atoms with van der Waals surface area (Å²) in [6, 6.07) is 5.51. The molecule has 1 aromatic carbocycles. The Morgan fingerprint density at radius 2 is 1.95 bits per heavy atom. The van der Waals surface area contributed by atoms with E-state index < -0.39 is 0 Å². The van der Waals surface area contributed by atoms with Crippen LogP contribution in [0.3, 0.4) is 0 Å². The molecule has 0 saturated carbocycles. The van der Waals surface area contributed by atoms with Gasteiger partial charge in [0.2, 0.25) is 0 Å². The Morgan fingerprint density at radius 3 is 2.60 bits per heavy atom. The number of rotatable bonds is 3. The highest BCUT2D eigenvalue weighted by Gasteiger charge is 2.25. The second-order valence-electron chi connectivity index (χ2n) is 6.19. The molecule has 20 heavy (non-hydrogen) atoms. The van der Waals surface area contributed by atoms with Crippen LogP contribution in [0.5, 0.6) is 11.5 Å². The van der Waals surface area contributed by atoms with Crippen LogP contribution in [0.2, 0.25) is 0 Å². The minimum atomic E-state index is -0.0748. The summed E-state index contributed by atoms with van der Waals surface area (Å²) >= 11 is 0. The van der Waals surface area contributed by atoms with Crippen LogP contribution in [0.4, 0.5) is 0 Å². The molecular formula is C16H23NO3. The third kappa shape index (κ3) is 3.44. The molecule has 0 fully saturated rings. The SMILES string of the molecule is CC[C@H](C)NC(=O)c1ccc2c(c1)OCC(C)(C)CO2. The van der Waals surface area contributed by atoms with Crippen molar-refractivity contribution in [2.45, 2.75) is 40.2 Å². The highest BCUT2D eigenvalue weighted by atomic mass is 16.5. The van der Waals surface area contributed by atoms with Crippen LogP contribution in [-0.2, 0) is 0 Å². The molecule has 0 radical (unpaired) electrons. The molecular weight excluding hydrogens is 254 g/mol. The molecule has 0 aliphatic carbocycles. The predicted molar refractivity (Wildman–Crippen MR) is 78.4 cm³/mol. The lowest BCUT2D eigenvalue weighted by Crippen LogP contribution is -2.31. The third-order valence-electron chi connectivity index (χ3n) is 3.43. The average Bonchev–Trinajstić information content (AvgIpc) is 2.57. The molecule has 1 N–H and O–H groups in total. The van der Waals surface area contributed by atoms with Crippen molar-refractivity contribution in [1.29, 1.82) is 0 Å². The van der Waals surface area contributed by atoms with Gasteiger partial charge in [-0.15, -0.1) is 0 Å². The molecule has 1 heterocycles. The Labute approximate surface area is 120 Å². The number of nitrogens with one attached hydrogen (secondary N) is 1. The first kappa shape index (κ1) is 14.7. The summed E-state index contributed by atoms with van der Waals surface area (Å²) in [6.07, 6.45) is 0.907. The fourth-order valence-corrected chi connectivity index (χ4v) is 1.88. The van der Waals surface area contributed by atoms with Gasteiger partial charge in [-0.3, -0.25) is 4.79 Å². The smallest absolute Gasteiger partial charge is 0.251 e. The molecule has 1 amide bonds. The lowest BCUT2D eigenvalue weighted by Gasteiger charge is -2.19. The third-order valence-corrected chi connectivity index (χ3v) is 3.43. The molecule has 1 aliphatic heterocycles. The van der Waals surface area contributed by atoms with Crippen molar-refractivity contribution >= 4 is 5.91 Å². The maximum absolute atomic E-state index is 12.1. The van der Waals surface area contributed by atoms with E-state index >= 15 is 0 Å². The van der Waals surface area contributed by atoms with Gasteiger partial charge in [0.1, 0.15) is 0 Å². The topological polar surface area (TPSA) is 47.6 Å². The molecule has 2 rings (SSSR count). The molecule has 0 spiro atoms. The molecule has 1 atom stereocenters. The van der Waals surface area contributed by atoms with Crippen molar-refractivity contribution in [1.82, 2.24) is 5.32 Å². The van der Waals surface area contributed by atoms with Gasteiger partial charge < -0.3 is 14.8 Å². The van der Waals surface area contributed by atoms with Gasteiger partial charge in [0.05, 0.1) is 13.2 Å². The minimum Gasteiger partial charge on any atom is -0.489 e. The van der Waals surface area contributed by atoms with Gasteiger partial charge in [0.15, 0.2) is 11.5 Å². The number of carbonyl (C=O) groups excluding carboxylic acids is 1. The van der Waals surface area contributed by atoms with E-state index in [1.54, 1.807) is 12.1 Å². The van der Waals surface area contributed by atoms with Crippen LogP contribution in [0.25, 0.3) is 0 Å². The Morgan fingerprint density at radius 1 is 1.30 bits per heavy atom.